The van der Waals surface area contributed by atoms with E-state index in [1.807, 2.05) is 26.0 Å². The van der Waals surface area contributed by atoms with Crippen molar-refractivity contribution in [3.63, 3.8) is 0 Å². The minimum Gasteiger partial charge on any atom is -0.349 e. The zero-order valence-corrected chi connectivity index (χ0v) is 16.1. The fourth-order valence-corrected chi connectivity index (χ4v) is 4.10. The summed E-state index contributed by atoms with van der Waals surface area (Å²) in [6, 6.07) is 13.6. The van der Waals surface area contributed by atoms with Crippen molar-refractivity contribution in [1.29, 1.82) is 0 Å². The number of amides is 1. The number of carbonyl (C=O) groups is 1. The van der Waals surface area contributed by atoms with E-state index in [9.17, 15) is 13.2 Å². The van der Waals surface area contributed by atoms with Gasteiger partial charge < -0.3 is 5.32 Å². The molecule has 26 heavy (non-hydrogen) atoms. The van der Waals surface area contributed by atoms with Crippen LogP contribution in [-0.2, 0) is 10.0 Å². The van der Waals surface area contributed by atoms with Crippen molar-refractivity contribution in [2.75, 3.05) is 11.4 Å². The molecule has 0 aromatic heterocycles. The van der Waals surface area contributed by atoms with Gasteiger partial charge in [-0.3, -0.25) is 9.10 Å². The fourth-order valence-electron chi connectivity index (χ4n) is 2.85. The third-order valence-corrected chi connectivity index (χ3v) is 6.62. The van der Waals surface area contributed by atoms with Crippen molar-refractivity contribution in [1.82, 2.24) is 5.32 Å². The van der Waals surface area contributed by atoms with Gasteiger partial charge >= 0.3 is 0 Å². The van der Waals surface area contributed by atoms with E-state index in [0.717, 1.165) is 18.4 Å². The molecule has 1 saturated carbocycles. The number of anilines is 1. The normalized spacial score (nSPS) is 15.3. The van der Waals surface area contributed by atoms with Crippen molar-refractivity contribution < 1.29 is 13.2 Å². The second-order valence-electron chi connectivity index (χ2n) is 6.94. The molecule has 1 atom stereocenters. The lowest BCUT2D eigenvalue weighted by Crippen LogP contribution is -2.34. The van der Waals surface area contributed by atoms with Gasteiger partial charge in [-0.25, -0.2) is 8.42 Å². The maximum Gasteiger partial charge on any atom is 0.264 e. The van der Waals surface area contributed by atoms with Crippen LogP contribution in [0.4, 0.5) is 5.69 Å². The van der Waals surface area contributed by atoms with Crippen LogP contribution in [0.3, 0.4) is 0 Å². The number of rotatable bonds is 6. The summed E-state index contributed by atoms with van der Waals surface area (Å²) in [6.45, 7) is 3.93. The minimum atomic E-state index is -3.74. The Bertz CT molecular complexity index is 903. The largest absolute Gasteiger partial charge is 0.349 e. The van der Waals surface area contributed by atoms with E-state index < -0.39 is 10.0 Å². The molecule has 2 aromatic carbocycles. The van der Waals surface area contributed by atoms with E-state index in [2.05, 4.69) is 5.32 Å². The number of carbonyl (C=O) groups excluding carboxylic acids is 1. The molecule has 0 radical (unpaired) electrons. The SMILES string of the molecule is Cc1ccc(N(C)S(=O)(=O)c2cccc(C(=O)NC(C)C3CC3)c2)cc1. The molecule has 1 unspecified atom stereocenters. The van der Waals surface area contributed by atoms with E-state index in [4.69, 9.17) is 0 Å². The van der Waals surface area contributed by atoms with Crippen LogP contribution >= 0.6 is 0 Å². The third-order valence-electron chi connectivity index (χ3n) is 4.84. The fraction of sp³-hybridized carbons (Fsp3) is 0.350. The van der Waals surface area contributed by atoms with Gasteiger partial charge in [-0.05, 0) is 62.9 Å². The van der Waals surface area contributed by atoms with Crippen molar-refractivity contribution in [3.8, 4) is 0 Å². The molecule has 138 valence electrons. The number of benzene rings is 2. The van der Waals surface area contributed by atoms with Crippen LogP contribution in [0.5, 0.6) is 0 Å². The molecule has 5 nitrogen and oxygen atoms in total. The Balaban J connectivity index is 1.83. The molecule has 0 saturated heterocycles. The Morgan fingerprint density at radius 1 is 1.15 bits per heavy atom. The quantitative estimate of drug-likeness (QED) is 0.846. The Morgan fingerprint density at radius 3 is 2.42 bits per heavy atom. The standard InChI is InChI=1S/C20H24N2O3S/c1-14-7-11-18(12-8-14)22(3)26(24,25)19-6-4-5-17(13-19)20(23)21-15(2)16-9-10-16/h4-8,11-13,15-16H,9-10H2,1-3H3,(H,21,23). The maximum atomic E-state index is 12.9. The predicted molar refractivity (Wildman–Crippen MR) is 103 cm³/mol. The minimum absolute atomic E-state index is 0.104. The Morgan fingerprint density at radius 2 is 1.81 bits per heavy atom. The lowest BCUT2D eigenvalue weighted by atomic mass is 10.1. The van der Waals surface area contributed by atoms with Crippen LogP contribution in [0.2, 0.25) is 0 Å². The van der Waals surface area contributed by atoms with Crippen LogP contribution in [0.25, 0.3) is 0 Å². The van der Waals surface area contributed by atoms with Gasteiger partial charge in [-0.2, -0.15) is 0 Å². The molecule has 1 N–H and O–H groups in total. The molecular formula is C20H24N2O3S. The average Bonchev–Trinajstić information content (AvgIpc) is 3.47. The summed E-state index contributed by atoms with van der Waals surface area (Å²) in [5.74, 6) is 0.304. The highest BCUT2D eigenvalue weighted by molar-refractivity contribution is 7.92. The van der Waals surface area contributed by atoms with Gasteiger partial charge in [0.25, 0.3) is 15.9 Å². The summed E-state index contributed by atoms with van der Waals surface area (Å²) in [4.78, 5) is 12.5. The highest BCUT2D eigenvalue weighted by Crippen LogP contribution is 2.32. The van der Waals surface area contributed by atoms with Gasteiger partial charge in [0.05, 0.1) is 10.6 Å². The van der Waals surface area contributed by atoms with Crippen molar-refractivity contribution >= 4 is 21.6 Å². The molecule has 0 spiro atoms. The van der Waals surface area contributed by atoms with Crippen molar-refractivity contribution in [2.24, 2.45) is 5.92 Å². The van der Waals surface area contributed by atoms with Gasteiger partial charge in [-0.15, -0.1) is 0 Å². The van der Waals surface area contributed by atoms with Crippen LogP contribution in [-0.4, -0.2) is 27.4 Å². The molecular weight excluding hydrogens is 348 g/mol. The van der Waals surface area contributed by atoms with Gasteiger partial charge in [0.15, 0.2) is 0 Å². The Labute approximate surface area is 155 Å². The first-order valence-electron chi connectivity index (χ1n) is 8.75. The van der Waals surface area contributed by atoms with Gasteiger partial charge in [0.1, 0.15) is 0 Å². The number of sulfonamides is 1. The maximum absolute atomic E-state index is 12.9. The third kappa shape index (κ3) is 3.90. The summed E-state index contributed by atoms with van der Waals surface area (Å²) in [5.41, 5.74) is 1.99. The van der Waals surface area contributed by atoms with Crippen molar-refractivity contribution in [2.45, 2.75) is 37.6 Å². The first kappa shape index (κ1) is 18.5. The summed E-state index contributed by atoms with van der Waals surface area (Å²) >= 11 is 0. The summed E-state index contributed by atoms with van der Waals surface area (Å²) in [5, 5.41) is 2.96. The zero-order chi connectivity index (χ0) is 18.9. The number of nitrogens with one attached hydrogen (secondary N) is 1. The van der Waals surface area contributed by atoms with Crippen LogP contribution in [0, 0.1) is 12.8 Å². The molecule has 1 aliphatic rings. The summed E-state index contributed by atoms with van der Waals surface area (Å²) in [6.07, 6.45) is 2.27. The highest BCUT2D eigenvalue weighted by atomic mass is 32.2. The first-order chi connectivity index (χ1) is 12.3. The molecule has 2 aromatic rings. The smallest absolute Gasteiger partial charge is 0.264 e. The lowest BCUT2D eigenvalue weighted by Gasteiger charge is -2.20. The predicted octanol–water partition coefficient (Wildman–Crippen LogP) is 3.35. The van der Waals surface area contributed by atoms with E-state index >= 15 is 0 Å². The van der Waals surface area contributed by atoms with Crippen LogP contribution < -0.4 is 9.62 Å². The molecule has 1 fully saturated rings. The van der Waals surface area contributed by atoms with E-state index in [0.29, 0.717) is 17.2 Å². The summed E-state index contributed by atoms with van der Waals surface area (Å²) < 4.78 is 27.1. The van der Waals surface area contributed by atoms with Gasteiger partial charge in [-0.1, -0.05) is 23.8 Å². The van der Waals surface area contributed by atoms with E-state index in [1.54, 1.807) is 24.3 Å². The van der Waals surface area contributed by atoms with E-state index in [-0.39, 0.29) is 16.8 Å². The van der Waals surface area contributed by atoms with Crippen LogP contribution in [0.1, 0.15) is 35.7 Å². The molecule has 1 aliphatic carbocycles. The summed E-state index contributed by atoms with van der Waals surface area (Å²) in [7, 11) is -2.22. The zero-order valence-electron chi connectivity index (χ0n) is 15.3. The Kier molecular flexibility index (Phi) is 5.05. The molecule has 0 heterocycles. The second-order valence-corrected chi connectivity index (χ2v) is 8.90. The van der Waals surface area contributed by atoms with Crippen molar-refractivity contribution in [3.05, 3.63) is 59.7 Å². The van der Waals surface area contributed by atoms with Crippen LogP contribution in [0.15, 0.2) is 53.4 Å². The molecule has 0 aliphatic heterocycles. The molecule has 1 amide bonds. The average molecular weight is 372 g/mol. The number of hydrogen-bond donors (Lipinski definition) is 1. The van der Waals surface area contributed by atoms with E-state index in [1.165, 1.54) is 23.5 Å². The molecule has 3 rings (SSSR count). The molecule has 0 bridgehead atoms. The number of nitrogens with zero attached hydrogens (tertiary/aromatic N) is 1. The molecule has 6 heteroatoms. The monoisotopic (exact) mass is 372 g/mol. The topological polar surface area (TPSA) is 66.5 Å². The first-order valence-corrected chi connectivity index (χ1v) is 10.2. The second kappa shape index (κ2) is 7.11. The Hall–Kier alpha value is -2.34. The van der Waals surface area contributed by atoms with Gasteiger partial charge in [0.2, 0.25) is 0 Å². The lowest BCUT2D eigenvalue weighted by molar-refractivity contribution is 0.0935. The van der Waals surface area contributed by atoms with Gasteiger partial charge in [0, 0.05) is 18.7 Å². The highest BCUT2D eigenvalue weighted by Gasteiger charge is 2.29. The number of aryl methyl sites for hydroxylation is 1. The number of hydrogen-bond acceptors (Lipinski definition) is 3.